The van der Waals surface area contributed by atoms with Crippen molar-refractivity contribution in [3.63, 3.8) is 0 Å². The molecule has 2 aromatic rings. The van der Waals surface area contributed by atoms with Crippen LogP contribution in [0.5, 0.6) is 0 Å². The molecule has 0 spiro atoms. The Morgan fingerprint density at radius 1 is 1.07 bits per heavy atom. The second-order valence-electron chi connectivity index (χ2n) is 7.31. The number of piperidine rings is 1. The Bertz CT molecular complexity index is 907. The highest BCUT2D eigenvalue weighted by atomic mass is 35.5. The topological polar surface area (TPSA) is 87.4 Å². The summed E-state index contributed by atoms with van der Waals surface area (Å²) in [4.78, 5) is 25.3. The molecule has 0 bridgehead atoms. The zero-order valence-corrected chi connectivity index (χ0v) is 17.9. The number of carbonyl (C=O) groups excluding carboxylic acids is 1. The third kappa shape index (κ3) is 4.32. The quantitative estimate of drug-likeness (QED) is 0.731. The lowest BCUT2D eigenvalue weighted by Gasteiger charge is -2.38. The highest BCUT2D eigenvalue weighted by Gasteiger charge is 2.38. The van der Waals surface area contributed by atoms with Crippen LogP contribution in [0.2, 0.25) is 15.1 Å². The average molecular weight is 456 g/mol. The van der Waals surface area contributed by atoms with Gasteiger partial charge in [-0.05, 0) is 37.5 Å². The SMILES string of the molecule is Nc1ncnc(N2CCCC(N3CCC(Nc4cc(Cl)cc(Cl)c4)C3=O)C2)c1Cl. The van der Waals surface area contributed by atoms with Gasteiger partial charge in [-0.3, -0.25) is 4.79 Å². The lowest BCUT2D eigenvalue weighted by Crippen LogP contribution is -2.50. The van der Waals surface area contributed by atoms with E-state index in [0.29, 0.717) is 34.0 Å². The molecule has 1 amide bonds. The number of halogens is 3. The Labute approximate surface area is 184 Å². The van der Waals surface area contributed by atoms with Crippen molar-refractivity contribution >= 4 is 58.0 Å². The van der Waals surface area contributed by atoms with Crippen LogP contribution in [-0.4, -0.2) is 52.5 Å². The number of anilines is 3. The second-order valence-corrected chi connectivity index (χ2v) is 8.56. The maximum atomic E-state index is 13.1. The van der Waals surface area contributed by atoms with E-state index in [0.717, 1.165) is 31.5 Å². The summed E-state index contributed by atoms with van der Waals surface area (Å²) in [6, 6.07) is 5.01. The number of nitrogen functional groups attached to an aromatic ring is 1. The number of likely N-dealkylation sites (tertiary alicyclic amines) is 1. The first kappa shape index (κ1) is 20.3. The highest BCUT2D eigenvalue weighted by Crippen LogP contribution is 2.31. The maximum Gasteiger partial charge on any atom is 0.245 e. The molecule has 3 heterocycles. The van der Waals surface area contributed by atoms with Gasteiger partial charge in [-0.1, -0.05) is 34.8 Å². The molecule has 29 heavy (non-hydrogen) atoms. The predicted octanol–water partition coefficient (Wildman–Crippen LogP) is 3.70. The van der Waals surface area contributed by atoms with Crippen LogP contribution in [0.1, 0.15) is 19.3 Å². The highest BCUT2D eigenvalue weighted by molar-refractivity contribution is 6.35. The summed E-state index contributed by atoms with van der Waals surface area (Å²) in [6.07, 6.45) is 4.02. The van der Waals surface area contributed by atoms with Gasteiger partial charge in [0, 0.05) is 41.4 Å². The van der Waals surface area contributed by atoms with Crippen molar-refractivity contribution in [2.45, 2.75) is 31.3 Å². The molecule has 2 aliphatic heterocycles. The van der Waals surface area contributed by atoms with Gasteiger partial charge in [-0.2, -0.15) is 0 Å². The van der Waals surface area contributed by atoms with Gasteiger partial charge in [-0.15, -0.1) is 0 Å². The molecular weight excluding hydrogens is 435 g/mol. The van der Waals surface area contributed by atoms with E-state index in [2.05, 4.69) is 20.2 Å². The van der Waals surface area contributed by atoms with Crippen LogP contribution in [0.25, 0.3) is 0 Å². The molecule has 1 aromatic heterocycles. The van der Waals surface area contributed by atoms with E-state index < -0.39 is 0 Å². The van der Waals surface area contributed by atoms with Crippen LogP contribution in [0.3, 0.4) is 0 Å². The third-order valence-corrected chi connectivity index (χ3v) is 6.18. The van der Waals surface area contributed by atoms with E-state index in [-0.39, 0.29) is 23.8 Å². The second kappa shape index (κ2) is 8.42. The van der Waals surface area contributed by atoms with Crippen LogP contribution in [-0.2, 0) is 4.79 Å². The number of aromatic nitrogens is 2. The van der Waals surface area contributed by atoms with Crippen LogP contribution >= 0.6 is 34.8 Å². The number of hydrogen-bond donors (Lipinski definition) is 2. The van der Waals surface area contributed by atoms with Crippen molar-refractivity contribution in [3.8, 4) is 0 Å². The van der Waals surface area contributed by atoms with Crippen molar-refractivity contribution in [2.75, 3.05) is 35.6 Å². The number of nitrogens with zero attached hydrogens (tertiary/aromatic N) is 4. The van der Waals surface area contributed by atoms with Crippen molar-refractivity contribution < 1.29 is 4.79 Å². The summed E-state index contributed by atoms with van der Waals surface area (Å²) < 4.78 is 0. The zero-order chi connectivity index (χ0) is 20.5. The molecule has 0 aliphatic carbocycles. The van der Waals surface area contributed by atoms with E-state index >= 15 is 0 Å². The molecule has 0 saturated carbocycles. The summed E-state index contributed by atoms with van der Waals surface area (Å²) in [5.41, 5.74) is 6.56. The van der Waals surface area contributed by atoms with E-state index in [4.69, 9.17) is 40.5 Å². The summed E-state index contributed by atoms with van der Waals surface area (Å²) >= 11 is 18.4. The van der Waals surface area contributed by atoms with Gasteiger partial charge in [0.15, 0.2) is 5.82 Å². The van der Waals surface area contributed by atoms with Crippen LogP contribution in [0.15, 0.2) is 24.5 Å². The van der Waals surface area contributed by atoms with Crippen LogP contribution < -0.4 is 16.0 Å². The molecule has 2 saturated heterocycles. The monoisotopic (exact) mass is 454 g/mol. The van der Waals surface area contributed by atoms with E-state index in [1.54, 1.807) is 18.2 Å². The fourth-order valence-electron chi connectivity index (χ4n) is 4.03. The number of benzene rings is 1. The summed E-state index contributed by atoms with van der Waals surface area (Å²) in [7, 11) is 0. The number of carbonyl (C=O) groups is 1. The van der Waals surface area contributed by atoms with Gasteiger partial charge in [0.25, 0.3) is 0 Å². The smallest absolute Gasteiger partial charge is 0.245 e. The Kier molecular flexibility index (Phi) is 5.90. The van der Waals surface area contributed by atoms with Crippen molar-refractivity contribution in [1.82, 2.24) is 14.9 Å². The minimum atomic E-state index is -0.293. The van der Waals surface area contributed by atoms with Gasteiger partial charge in [-0.25, -0.2) is 9.97 Å². The Balaban J connectivity index is 1.45. The number of nitrogens with one attached hydrogen (secondary N) is 1. The van der Waals surface area contributed by atoms with Crippen molar-refractivity contribution in [3.05, 3.63) is 39.6 Å². The van der Waals surface area contributed by atoms with Crippen molar-refractivity contribution in [2.24, 2.45) is 0 Å². The third-order valence-electron chi connectivity index (χ3n) is 5.38. The van der Waals surface area contributed by atoms with Crippen LogP contribution in [0.4, 0.5) is 17.3 Å². The van der Waals surface area contributed by atoms with E-state index in [9.17, 15) is 4.79 Å². The van der Waals surface area contributed by atoms with Gasteiger partial charge in [0.05, 0.1) is 0 Å². The molecule has 2 atom stereocenters. The van der Waals surface area contributed by atoms with Crippen LogP contribution in [0, 0.1) is 0 Å². The average Bonchev–Trinajstić information content (AvgIpc) is 3.04. The van der Waals surface area contributed by atoms with Gasteiger partial charge in [0.1, 0.15) is 23.2 Å². The molecule has 10 heteroatoms. The summed E-state index contributed by atoms with van der Waals surface area (Å²) in [5.74, 6) is 0.973. The largest absolute Gasteiger partial charge is 0.382 e. The first-order valence-electron chi connectivity index (χ1n) is 9.46. The van der Waals surface area contributed by atoms with E-state index in [1.807, 2.05) is 4.90 Å². The number of nitrogens with two attached hydrogens (primary N) is 1. The standard InChI is InChI=1S/C19H21Cl3N6O/c20-11-6-12(21)8-13(7-11)26-15-3-5-28(19(15)29)14-2-1-4-27(9-14)18-16(22)17(23)24-10-25-18/h6-8,10,14-15,26H,1-5,9H2,(H2,23,24,25). The molecule has 154 valence electrons. The lowest BCUT2D eigenvalue weighted by molar-refractivity contribution is -0.130. The molecule has 2 fully saturated rings. The molecule has 2 unspecified atom stereocenters. The Morgan fingerprint density at radius 2 is 1.83 bits per heavy atom. The van der Waals surface area contributed by atoms with Gasteiger partial charge < -0.3 is 20.9 Å². The Morgan fingerprint density at radius 3 is 2.59 bits per heavy atom. The van der Waals surface area contributed by atoms with E-state index in [1.165, 1.54) is 6.33 Å². The first-order chi connectivity index (χ1) is 13.9. The van der Waals surface area contributed by atoms with Crippen molar-refractivity contribution in [1.29, 1.82) is 0 Å². The zero-order valence-electron chi connectivity index (χ0n) is 15.6. The van der Waals surface area contributed by atoms with Gasteiger partial charge >= 0.3 is 0 Å². The Hall–Kier alpha value is -1.96. The molecule has 3 N–H and O–H groups in total. The summed E-state index contributed by atoms with van der Waals surface area (Å²) in [5, 5.41) is 4.70. The fourth-order valence-corrected chi connectivity index (χ4v) is 4.78. The normalized spacial score (nSPS) is 22.2. The maximum absolute atomic E-state index is 13.1. The predicted molar refractivity (Wildman–Crippen MR) is 117 cm³/mol. The molecular formula is C19H21Cl3N6O. The number of rotatable bonds is 4. The minimum absolute atomic E-state index is 0.0845. The summed E-state index contributed by atoms with van der Waals surface area (Å²) in [6.45, 7) is 2.18. The molecule has 0 radical (unpaired) electrons. The van der Waals surface area contributed by atoms with Gasteiger partial charge in [0.2, 0.25) is 5.91 Å². The lowest BCUT2D eigenvalue weighted by atomic mass is 10.0. The molecule has 2 aliphatic rings. The first-order valence-corrected chi connectivity index (χ1v) is 10.6. The fraction of sp³-hybridized carbons (Fsp3) is 0.421. The number of amides is 1. The minimum Gasteiger partial charge on any atom is -0.382 e. The molecule has 1 aromatic carbocycles. The molecule has 4 rings (SSSR count). The number of hydrogen-bond acceptors (Lipinski definition) is 6. The molecule has 7 nitrogen and oxygen atoms in total.